The van der Waals surface area contributed by atoms with E-state index in [1.807, 2.05) is 0 Å². The summed E-state index contributed by atoms with van der Waals surface area (Å²) >= 11 is 0. The predicted octanol–water partition coefficient (Wildman–Crippen LogP) is 3.08. The summed E-state index contributed by atoms with van der Waals surface area (Å²) in [6, 6.07) is 8.90. The van der Waals surface area contributed by atoms with Gasteiger partial charge in [0.1, 0.15) is 0 Å². The molecule has 21 heavy (non-hydrogen) atoms. The van der Waals surface area contributed by atoms with Gasteiger partial charge in [-0.3, -0.25) is 0 Å². The van der Waals surface area contributed by atoms with E-state index in [4.69, 9.17) is 5.73 Å². The number of rotatable bonds is 9. The van der Waals surface area contributed by atoms with Crippen molar-refractivity contribution in [1.29, 1.82) is 0 Å². The molecule has 0 amide bonds. The average Bonchev–Trinajstić information content (AvgIpc) is 2.45. The van der Waals surface area contributed by atoms with Gasteiger partial charge in [0.15, 0.2) is 0 Å². The topological polar surface area (TPSA) is 32.5 Å². The third kappa shape index (κ3) is 6.60. The molecule has 0 aromatic heterocycles. The van der Waals surface area contributed by atoms with Crippen LogP contribution in [0.2, 0.25) is 0 Å². The Balaban J connectivity index is 2.51. The fourth-order valence-corrected chi connectivity index (χ4v) is 2.50. The maximum atomic E-state index is 6.38. The molecule has 3 nitrogen and oxygen atoms in total. The lowest BCUT2D eigenvalue weighted by Gasteiger charge is -2.25. The first-order valence-electron chi connectivity index (χ1n) is 8.16. The monoisotopic (exact) mass is 291 g/mol. The molecular weight excluding hydrogens is 258 g/mol. The average molecular weight is 291 g/mol. The van der Waals surface area contributed by atoms with Gasteiger partial charge in [0, 0.05) is 12.6 Å². The van der Waals surface area contributed by atoms with E-state index in [0.717, 1.165) is 26.2 Å². The molecule has 2 N–H and O–H groups in total. The van der Waals surface area contributed by atoms with Crippen LogP contribution < -0.4 is 5.73 Å². The SMILES string of the molecule is CCN(CCCN(C)C)CC(N)c1ccc(C(C)C)cc1. The number of likely N-dealkylation sites (N-methyl/N-ethyl adjacent to an activating group) is 1. The van der Waals surface area contributed by atoms with E-state index in [0.29, 0.717) is 5.92 Å². The second kappa shape index (κ2) is 9.19. The zero-order valence-electron chi connectivity index (χ0n) is 14.5. The highest BCUT2D eigenvalue weighted by atomic mass is 15.1. The van der Waals surface area contributed by atoms with Crippen LogP contribution in [0, 0.1) is 0 Å². The summed E-state index contributed by atoms with van der Waals surface area (Å²) in [5, 5.41) is 0. The van der Waals surface area contributed by atoms with Crippen LogP contribution in [0.4, 0.5) is 0 Å². The van der Waals surface area contributed by atoms with Gasteiger partial charge in [0.05, 0.1) is 0 Å². The third-order valence-corrected chi connectivity index (χ3v) is 4.01. The Hall–Kier alpha value is -0.900. The second-order valence-electron chi connectivity index (χ2n) is 6.48. The summed E-state index contributed by atoms with van der Waals surface area (Å²) in [6.45, 7) is 10.9. The molecule has 120 valence electrons. The smallest absolute Gasteiger partial charge is 0.0424 e. The molecule has 1 rings (SSSR count). The molecule has 0 saturated carbocycles. The van der Waals surface area contributed by atoms with Crippen molar-refractivity contribution in [3.63, 3.8) is 0 Å². The Morgan fingerprint density at radius 2 is 1.57 bits per heavy atom. The van der Waals surface area contributed by atoms with E-state index in [1.165, 1.54) is 17.5 Å². The van der Waals surface area contributed by atoms with Crippen molar-refractivity contribution in [1.82, 2.24) is 9.80 Å². The number of nitrogens with zero attached hydrogens (tertiary/aromatic N) is 2. The van der Waals surface area contributed by atoms with Crippen molar-refractivity contribution in [2.75, 3.05) is 40.3 Å². The molecule has 1 aromatic rings. The van der Waals surface area contributed by atoms with Crippen molar-refractivity contribution < 1.29 is 0 Å². The largest absolute Gasteiger partial charge is 0.323 e. The molecular formula is C18H33N3. The molecule has 1 unspecified atom stereocenters. The molecule has 0 saturated heterocycles. The lowest BCUT2D eigenvalue weighted by Crippen LogP contribution is -2.34. The third-order valence-electron chi connectivity index (χ3n) is 4.01. The Labute approximate surface area is 131 Å². The summed E-state index contributed by atoms with van der Waals surface area (Å²) in [4.78, 5) is 4.68. The number of benzene rings is 1. The van der Waals surface area contributed by atoms with Gasteiger partial charge in [0.2, 0.25) is 0 Å². The van der Waals surface area contributed by atoms with Gasteiger partial charge in [-0.15, -0.1) is 0 Å². The number of nitrogens with two attached hydrogens (primary N) is 1. The molecule has 1 atom stereocenters. The van der Waals surface area contributed by atoms with Gasteiger partial charge < -0.3 is 15.5 Å². The van der Waals surface area contributed by atoms with Crippen molar-refractivity contribution in [2.24, 2.45) is 5.73 Å². The Morgan fingerprint density at radius 3 is 2.05 bits per heavy atom. The molecule has 0 aliphatic rings. The van der Waals surface area contributed by atoms with Gasteiger partial charge in [-0.1, -0.05) is 45.0 Å². The standard InChI is InChI=1S/C18H33N3/c1-6-21(13-7-12-20(4)5)14-18(19)17-10-8-16(9-11-17)15(2)3/h8-11,15,18H,6-7,12-14,19H2,1-5H3. The van der Waals surface area contributed by atoms with E-state index in [2.05, 4.69) is 68.9 Å². The van der Waals surface area contributed by atoms with Crippen LogP contribution in [0.3, 0.4) is 0 Å². The minimum absolute atomic E-state index is 0.102. The zero-order valence-corrected chi connectivity index (χ0v) is 14.5. The summed E-state index contributed by atoms with van der Waals surface area (Å²) in [6.07, 6.45) is 1.19. The Morgan fingerprint density at radius 1 is 1.00 bits per heavy atom. The molecule has 1 aromatic carbocycles. The fraction of sp³-hybridized carbons (Fsp3) is 0.667. The highest BCUT2D eigenvalue weighted by molar-refractivity contribution is 5.26. The first-order valence-corrected chi connectivity index (χ1v) is 8.16. The van der Waals surface area contributed by atoms with Crippen molar-refractivity contribution >= 4 is 0 Å². The van der Waals surface area contributed by atoms with Crippen LogP contribution in [-0.2, 0) is 0 Å². The molecule has 0 bridgehead atoms. The van der Waals surface area contributed by atoms with Gasteiger partial charge in [-0.25, -0.2) is 0 Å². The van der Waals surface area contributed by atoms with Crippen LogP contribution in [-0.4, -0.2) is 50.1 Å². The van der Waals surface area contributed by atoms with Crippen LogP contribution in [0.25, 0.3) is 0 Å². The summed E-state index contributed by atoms with van der Waals surface area (Å²) in [5.41, 5.74) is 9.00. The van der Waals surface area contributed by atoms with E-state index >= 15 is 0 Å². The molecule has 3 heteroatoms. The summed E-state index contributed by atoms with van der Waals surface area (Å²) in [5.74, 6) is 0.577. The van der Waals surface area contributed by atoms with Gasteiger partial charge in [0.25, 0.3) is 0 Å². The van der Waals surface area contributed by atoms with Crippen LogP contribution in [0.1, 0.15) is 50.3 Å². The molecule has 0 spiro atoms. The van der Waals surface area contributed by atoms with E-state index in [9.17, 15) is 0 Å². The van der Waals surface area contributed by atoms with Crippen LogP contribution in [0.5, 0.6) is 0 Å². The quantitative estimate of drug-likeness (QED) is 0.759. The lowest BCUT2D eigenvalue weighted by molar-refractivity contribution is 0.252. The zero-order chi connectivity index (χ0) is 15.8. The molecule has 0 fully saturated rings. The van der Waals surface area contributed by atoms with Crippen molar-refractivity contribution in [2.45, 2.75) is 39.2 Å². The normalized spacial score (nSPS) is 13.4. The summed E-state index contributed by atoms with van der Waals surface area (Å²) < 4.78 is 0. The maximum Gasteiger partial charge on any atom is 0.0424 e. The molecule has 0 aliphatic carbocycles. The van der Waals surface area contributed by atoms with E-state index in [1.54, 1.807) is 0 Å². The van der Waals surface area contributed by atoms with Crippen LogP contribution in [0.15, 0.2) is 24.3 Å². The van der Waals surface area contributed by atoms with Crippen molar-refractivity contribution in [3.05, 3.63) is 35.4 Å². The van der Waals surface area contributed by atoms with Gasteiger partial charge >= 0.3 is 0 Å². The molecule has 0 radical (unpaired) electrons. The van der Waals surface area contributed by atoms with E-state index in [-0.39, 0.29) is 6.04 Å². The Kier molecular flexibility index (Phi) is 7.94. The van der Waals surface area contributed by atoms with E-state index < -0.39 is 0 Å². The van der Waals surface area contributed by atoms with Gasteiger partial charge in [-0.2, -0.15) is 0 Å². The maximum absolute atomic E-state index is 6.38. The predicted molar refractivity (Wildman–Crippen MR) is 92.7 cm³/mol. The fourth-order valence-electron chi connectivity index (χ4n) is 2.50. The van der Waals surface area contributed by atoms with Crippen molar-refractivity contribution in [3.8, 4) is 0 Å². The number of hydrogen-bond donors (Lipinski definition) is 1. The minimum atomic E-state index is 0.102. The second-order valence-corrected chi connectivity index (χ2v) is 6.48. The first kappa shape index (κ1) is 18.1. The number of hydrogen-bond acceptors (Lipinski definition) is 3. The lowest BCUT2D eigenvalue weighted by atomic mass is 9.99. The van der Waals surface area contributed by atoms with Crippen LogP contribution >= 0.6 is 0 Å². The molecule has 0 heterocycles. The minimum Gasteiger partial charge on any atom is -0.323 e. The Bertz CT molecular complexity index is 384. The van der Waals surface area contributed by atoms with Gasteiger partial charge in [-0.05, 0) is 57.2 Å². The first-order chi connectivity index (χ1) is 9.93. The highest BCUT2D eigenvalue weighted by Crippen LogP contribution is 2.18. The molecule has 0 aliphatic heterocycles. The summed E-state index contributed by atoms with van der Waals surface area (Å²) in [7, 11) is 4.25. The highest BCUT2D eigenvalue weighted by Gasteiger charge is 2.11.